The van der Waals surface area contributed by atoms with E-state index >= 15 is 0 Å². The van der Waals surface area contributed by atoms with Crippen LogP contribution in [0.2, 0.25) is 5.02 Å². The van der Waals surface area contributed by atoms with E-state index in [9.17, 15) is 9.18 Å². The van der Waals surface area contributed by atoms with E-state index in [-0.39, 0.29) is 21.9 Å². The van der Waals surface area contributed by atoms with Gasteiger partial charge >= 0.3 is 5.97 Å². The Hall–Kier alpha value is -1.88. The van der Waals surface area contributed by atoms with Crippen LogP contribution in [-0.4, -0.2) is 22.9 Å². The molecule has 6 heteroatoms. The summed E-state index contributed by atoms with van der Waals surface area (Å²) in [5.41, 5.74) is 0.980. The molecule has 2 rings (SSSR count). The predicted molar refractivity (Wildman–Crippen MR) is 78.6 cm³/mol. The summed E-state index contributed by atoms with van der Waals surface area (Å²) in [5.74, 6) is -0.950. The number of halogens is 2. The lowest BCUT2D eigenvalue weighted by Crippen LogP contribution is -2.18. The van der Waals surface area contributed by atoms with E-state index in [1.165, 1.54) is 19.2 Å². The third-order valence-electron chi connectivity index (χ3n) is 2.99. The highest BCUT2D eigenvalue weighted by atomic mass is 35.5. The van der Waals surface area contributed by atoms with Gasteiger partial charge in [-0.15, -0.1) is 0 Å². The summed E-state index contributed by atoms with van der Waals surface area (Å²) in [4.78, 5) is 11.8. The summed E-state index contributed by atoms with van der Waals surface area (Å²) in [6, 6.07) is 5.81. The van der Waals surface area contributed by atoms with Crippen molar-refractivity contribution in [2.75, 3.05) is 7.11 Å². The number of hydrogen-bond donors (Lipinski definition) is 0. The molecule has 0 radical (unpaired) electrons. The zero-order chi connectivity index (χ0) is 15.8. The molecule has 4 nitrogen and oxygen atoms in total. The van der Waals surface area contributed by atoms with Gasteiger partial charge < -0.3 is 4.74 Å². The van der Waals surface area contributed by atoms with E-state index in [1.54, 1.807) is 16.8 Å². The van der Waals surface area contributed by atoms with Gasteiger partial charge in [-0.1, -0.05) is 32.4 Å². The Labute approximate surface area is 127 Å². The molecule has 0 saturated carbocycles. The maximum Gasteiger partial charge on any atom is 0.360 e. The Morgan fingerprint density at radius 3 is 2.33 bits per heavy atom. The Kier molecular flexibility index (Phi) is 4.05. The first-order valence-electron chi connectivity index (χ1n) is 6.39. The Morgan fingerprint density at radius 1 is 1.29 bits per heavy atom. The zero-order valence-corrected chi connectivity index (χ0v) is 13.0. The number of hydrogen-bond acceptors (Lipinski definition) is 3. The fourth-order valence-electron chi connectivity index (χ4n) is 2.04. The quantitative estimate of drug-likeness (QED) is 0.794. The molecular formula is C15H16ClFN2O2. The van der Waals surface area contributed by atoms with E-state index in [1.807, 2.05) is 20.8 Å². The number of rotatable bonds is 2. The van der Waals surface area contributed by atoms with Crippen LogP contribution in [0.25, 0.3) is 5.69 Å². The van der Waals surface area contributed by atoms with Crippen molar-refractivity contribution in [2.45, 2.75) is 26.2 Å². The minimum absolute atomic E-state index is 0.0495. The second-order valence-electron chi connectivity index (χ2n) is 5.64. The molecule has 0 atom stereocenters. The zero-order valence-electron chi connectivity index (χ0n) is 12.3. The second kappa shape index (κ2) is 5.48. The highest BCUT2D eigenvalue weighted by molar-refractivity contribution is 6.34. The lowest BCUT2D eigenvalue weighted by Gasteiger charge is -2.21. The van der Waals surface area contributed by atoms with E-state index in [4.69, 9.17) is 16.3 Å². The molecule has 1 heterocycles. The number of benzene rings is 1. The van der Waals surface area contributed by atoms with Crippen molar-refractivity contribution in [3.8, 4) is 5.69 Å². The molecule has 0 unspecified atom stereocenters. The Balaban J connectivity index is 2.69. The predicted octanol–water partition coefficient (Wildman–Crippen LogP) is 3.75. The summed E-state index contributed by atoms with van der Waals surface area (Å²) < 4.78 is 19.3. The van der Waals surface area contributed by atoms with E-state index < -0.39 is 5.97 Å². The third-order valence-corrected chi connectivity index (χ3v) is 3.35. The van der Waals surface area contributed by atoms with Gasteiger partial charge in [0.1, 0.15) is 5.82 Å². The fourth-order valence-corrected chi connectivity index (χ4v) is 2.52. The number of carbonyl (C=O) groups is 1. The molecule has 0 aliphatic rings. The molecule has 0 amide bonds. The van der Waals surface area contributed by atoms with Gasteiger partial charge in [0.05, 0.1) is 23.5 Å². The van der Waals surface area contributed by atoms with Crippen molar-refractivity contribution in [1.82, 2.24) is 9.78 Å². The van der Waals surface area contributed by atoms with E-state index in [0.717, 1.165) is 0 Å². The highest BCUT2D eigenvalue weighted by Gasteiger charge is 2.30. The highest BCUT2D eigenvalue weighted by Crippen LogP contribution is 2.34. The number of aromatic nitrogens is 2. The standard InChI is InChI=1S/C15H16ClFN2O2/c1-15(2,3)13-11(16)12(14(20)21-4)18-19(13)10-7-5-9(17)6-8-10/h5-8H,1-4H3. The maximum absolute atomic E-state index is 13.1. The lowest BCUT2D eigenvalue weighted by molar-refractivity contribution is 0.0593. The normalized spacial score (nSPS) is 11.5. The van der Waals surface area contributed by atoms with Crippen LogP contribution in [0.15, 0.2) is 24.3 Å². The topological polar surface area (TPSA) is 44.1 Å². The van der Waals surface area contributed by atoms with Crippen LogP contribution in [0.5, 0.6) is 0 Å². The first-order valence-corrected chi connectivity index (χ1v) is 6.76. The van der Waals surface area contributed by atoms with Crippen LogP contribution in [-0.2, 0) is 10.2 Å². The van der Waals surface area contributed by atoms with Crippen molar-refractivity contribution in [1.29, 1.82) is 0 Å². The van der Waals surface area contributed by atoms with Gasteiger partial charge in [-0.2, -0.15) is 5.10 Å². The molecule has 0 fully saturated rings. The number of esters is 1. The molecule has 21 heavy (non-hydrogen) atoms. The molecule has 0 spiro atoms. The molecule has 112 valence electrons. The van der Waals surface area contributed by atoms with Crippen LogP contribution >= 0.6 is 11.6 Å². The van der Waals surface area contributed by atoms with Gasteiger partial charge in [0.2, 0.25) is 0 Å². The molecule has 0 saturated heterocycles. The van der Waals surface area contributed by atoms with Crippen molar-refractivity contribution in [3.63, 3.8) is 0 Å². The monoisotopic (exact) mass is 310 g/mol. The van der Waals surface area contributed by atoms with E-state index in [2.05, 4.69) is 5.10 Å². The van der Waals surface area contributed by atoms with Crippen LogP contribution in [0.3, 0.4) is 0 Å². The number of ether oxygens (including phenoxy) is 1. The molecule has 0 aliphatic heterocycles. The summed E-state index contributed by atoms with van der Waals surface area (Å²) >= 11 is 6.31. The molecule has 1 aromatic heterocycles. The van der Waals surface area contributed by atoms with Crippen LogP contribution in [0.4, 0.5) is 4.39 Å². The molecule has 2 aromatic rings. The van der Waals surface area contributed by atoms with Crippen molar-refractivity contribution in [3.05, 3.63) is 46.5 Å². The molecule has 1 aromatic carbocycles. The van der Waals surface area contributed by atoms with Gasteiger partial charge in [0, 0.05) is 5.41 Å². The summed E-state index contributed by atoms with van der Waals surface area (Å²) in [5, 5.41) is 4.48. The average molecular weight is 311 g/mol. The van der Waals surface area contributed by atoms with Crippen molar-refractivity contribution >= 4 is 17.6 Å². The van der Waals surface area contributed by atoms with Crippen molar-refractivity contribution in [2.24, 2.45) is 0 Å². The van der Waals surface area contributed by atoms with Crippen molar-refractivity contribution < 1.29 is 13.9 Å². The second-order valence-corrected chi connectivity index (χ2v) is 6.02. The molecule has 0 aliphatic carbocycles. The average Bonchev–Trinajstić information content (AvgIpc) is 2.76. The van der Waals surface area contributed by atoms with E-state index in [0.29, 0.717) is 11.4 Å². The van der Waals surface area contributed by atoms with Gasteiger partial charge in [-0.05, 0) is 24.3 Å². The Morgan fingerprint density at radius 2 is 1.86 bits per heavy atom. The summed E-state index contributed by atoms with van der Waals surface area (Å²) in [6.45, 7) is 5.87. The van der Waals surface area contributed by atoms with Crippen LogP contribution in [0, 0.1) is 5.82 Å². The van der Waals surface area contributed by atoms with Gasteiger partial charge in [-0.3, -0.25) is 0 Å². The van der Waals surface area contributed by atoms with Gasteiger partial charge in [0.15, 0.2) is 5.69 Å². The van der Waals surface area contributed by atoms with Gasteiger partial charge in [-0.25, -0.2) is 13.9 Å². The third kappa shape index (κ3) is 2.93. The smallest absolute Gasteiger partial charge is 0.360 e. The number of nitrogens with zero attached hydrogens (tertiary/aromatic N) is 2. The minimum Gasteiger partial charge on any atom is -0.464 e. The molecule has 0 N–H and O–H groups in total. The van der Waals surface area contributed by atoms with Crippen LogP contribution in [0.1, 0.15) is 37.0 Å². The lowest BCUT2D eigenvalue weighted by atomic mass is 9.91. The van der Waals surface area contributed by atoms with Gasteiger partial charge in [0.25, 0.3) is 0 Å². The summed E-state index contributed by atoms with van der Waals surface area (Å²) in [6.07, 6.45) is 0. The SMILES string of the molecule is COC(=O)c1nn(-c2ccc(F)cc2)c(C(C)(C)C)c1Cl. The van der Waals surface area contributed by atoms with Crippen LogP contribution < -0.4 is 0 Å². The first kappa shape index (κ1) is 15.5. The minimum atomic E-state index is -0.605. The number of methoxy groups -OCH3 is 1. The first-order chi connectivity index (χ1) is 9.75. The summed E-state index contributed by atoms with van der Waals surface area (Å²) in [7, 11) is 1.27. The largest absolute Gasteiger partial charge is 0.464 e. The fraction of sp³-hybridized carbons (Fsp3) is 0.333. The molecular weight excluding hydrogens is 295 g/mol. The maximum atomic E-state index is 13.1. The Bertz CT molecular complexity index is 672. The number of carbonyl (C=O) groups excluding carboxylic acids is 1. The molecule has 0 bridgehead atoms.